The maximum Gasteiger partial charge on any atom is 0.245 e. The largest absolute Gasteiger partial charge is 0.507 e. The maximum absolute atomic E-state index is 10.5. The van der Waals surface area contributed by atoms with Crippen LogP contribution >= 0.6 is 24.8 Å². The first-order chi connectivity index (χ1) is 13.5. The van der Waals surface area contributed by atoms with E-state index in [-0.39, 0.29) is 30.6 Å². The monoisotopic (exact) mass is 452 g/mol. The van der Waals surface area contributed by atoms with Crippen molar-refractivity contribution in [2.75, 3.05) is 24.5 Å². The fraction of sp³-hybridized carbons (Fsp3) is 0.421. The maximum atomic E-state index is 10.5. The molecule has 2 aromatic heterocycles. The van der Waals surface area contributed by atoms with Gasteiger partial charge in [-0.2, -0.15) is 15.0 Å². The highest BCUT2D eigenvalue weighted by molar-refractivity contribution is 5.85. The number of piperazine rings is 1. The average molecular weight is 453 g/mol. The second-order valence-electron chi connectivity index (χ2n) is 7.35. The number of phenols is 1. The zero-order valence-electron chi connectivity index (χ0n) is 17.1. The van der Waals surface area contributed by atoms with Gasteiger partial charge < -0.3 is 15.3 Å². The van der Waals surface area contributed by atoms with Crippen molar-refractivity contribution in [3.05, 3.63) is 30.6 Å². The minimum atomic E-state index is 0. The fourth-order valence-corrected chi connectivity index (χ4v) is 3.33. The van der Waals surface area contributed by atoms with E-state index < -0.39 is 0 Å². The molecule has 1 atom stereocenters. The predicted molar refractivity (Wildman–Crippen MR) is 120 cm³/mol. The molecule has 4 rings (SSSR count). The Hall–Kier alpha value is -2.49. The van der Waals surface area contributed by atoms with E-state index in [1.54, 1.807) is 31.6 Å². The standard InChI is InChI=1S/C19H24N8O.2ClH/c1-12(2)17-11-27(7-6-20-17)19-21-9-16(23-24-19)14-5-4-13(8-18(14)28)15-10-22-26(3)25-15;;/h4-5,8-10,12,17,20,28H,6-7,11H2,1-3H3;2*1H/t17-;;/m1../s1. The van der Waals surface area contributed by atoms with Crippen LogP contribution < -0.4 is 10.2 Å². The van der Waals surface area contributed by atoms with E-state index in [0.29, 0.717) is 34.9 Å². The SMILES string of the molecule is CC(C)[C@H]1CN(c2ncc(-c3ccc(-c4cnn(C)n4)cc3O)nn2)CCN1.Cl.Cl. The number of hydrogen-bond donors (Lipinski definition) is 2. The lowest BCUT2D eigenvalue weighted by Crippen LogP contribution is -2.53. The van der Waals surface area contributed by atoms with Crippen LogP contribution in [0.15, 0.2) is 30.6 Å². The molecule has 1 aromatic carbocycles. The van der Waals surface area contributed by atoms with Gasteiger partial charge in [-0.3, -0.25) is 0 Å². The highest BCUT2D eigenvalue weighted by Crippen LogP contribution is 2.31. The number of benzene rings is 1. The quantitative estimate of drug-likeness (QED) is 0.620. The number of nitrogens with one attached hydrogen (secondary N) is 1. The summed E-state index contributed by atoms with van der Waals surface area (Å²) in [4.78, 5) is 8.11. The molecule has 1 saturated heterocycles. The molecule has 1 aliphatic heterocycles. The Bertz CT molecular complexity index is 963. The van der Waals surface area contributed by atoms with E-state index in [2.05, 4.69) is 49.4 Å². The van der Waals surface area contributed by atoms with Crippen molar-refractivity contribution in [2.45, 2.75) is 19.9 Å². The molecule has 1 aliphatic rings. The van der Waals surface area contributed by atoms with Crippen molar-refractivity contribution in [3.8, 4) is 28.3 Å². The first kappa shape index (κ1) is 23.8. The van der Waals surface area contributed by atoms with Crippen LogP contribution in [0.2, 0.25) is 0 Å². The van der Waals surface area contributed by atoms with Gasteiger partial charge in [0.25, 0.3) is 0 Å². The molecule has 2 N–H and O–H groups in total. The molecule has 0 amide bonds. The summed E-state index contributed by atoms with van der Waals surface area (Å²) in [5, 5.41) is 30.9. The van der Waals surface area contributed by atoms with Gasteiger partial charge in [0.1, 0.15) is 17.1 Å². The first-order valence-electron chi connectivity index (χ1n) is 9.39. The summed E-state index contributed by atoms with van der Waals surface area (Å²) >= 11 is 0. The van der Waals surface area contributed by atoms with Crippen molar-refractivity contribution < 1.29 is 5.11 Å². The highest BCUT2D eigenvalue weighted by Gasteiger charge is 2.23. The van der Waals surface area contributed by atoms with Crippen molar-refractivity contribution >= 4 is 30.8 Å². The number of phenolic OH excluding ortho intramolecular Hbond substituents is 1. The second-order valence-corrected chi connectivity index (χ2v) is 7.35. The number of anilines is 1. The first-order valence-corrected chi connectivity index (χ1v) is 9.39. The van der Waals surface area contributed by atoms with Gasteiger partial charge in [-0.05, 0) is 18.1 Å². The van der Waals surface area contributed by atoms with Gasteiger partial charge in [0.05, 0.1) is 12.4 Å². The van der Waals surface area contributed by atoms with Gasteiger partial charge in [0.15, 0.2) is 0 Å². The molecular formula is C19H26Cl2N8O. The number of rotatable bonds is 4. The molecule has 0 radical (unpaired) electrons. The van der Waals surface area contributed by atoms with Gasteiger partial charge in [-0.25, -0.2) is 4.98 Å². The zero-order chi connectivity index (χ0) is 19.7. The van der Waals surface area contributed by atoms with Crippen LogP contribution in [-0.2, 0) is 7.05 Å². The third kappa shape index (κ3) is 4.97. The molecule has 30 heavy (non-hydrogen) atoms. The second kappa shape index (κ2) is 10.0. The van der Waals surface area contributed by atoms with E-state index in [9.17, 15) is 5.11 Å². The fourth-order valence-electron chi connectivity index (χ4n) is 3.33. The summed E-state index contributed by atoms with van der Waals surface area (Å²) in [5.41, 5.74) is 2.59. The predicted octanol–water partition coefficient (Wildman–Crippen LogP) is 2.32. The van der Waals surface area contributed by atoms with Gasteiger partial charge in [-0.15, -0.1) is 35.0 Å². The Balaban J connectivity index is 0.00000160. The third-order valence-electron chi connectivity index (χ3n) is 5.01. The van der Waals surface area contributed by atoms with E-state index >= 15 is 0 Å². The molecule has 11 heteroatoms. The van der Waals surface area contributed by atoms with Gasteiger partial charge >= 0.3 is 0 Å². The van der Waals surface area contributed by atoms with Gasteiger partial charge in [-0.1, -0.05) is 19.9 Å². The van der Waals surface area contributed by atoms with Gasteiger partial charge in [0, 0.05) is 43.9 Å². The van der Waals surface area contributed by atoms with Crippen LogP contribution in [0.25, 0.3) is 22.5 Å². The van der Waals surface area contributed by atoms with Crippen LogP contribution in [0.1, 0.15) is 13.8 Å². The molecular weight excluding hydrogens is 427 g/mol. The molecule has 3 aromatic rings. The number of aromatic hydroxyl groups is 1. The zero-order valence-corrected chi connectivity index (χ0v) is 18.7. The molecule has 0 bridgehead atoms. The van der Waals surface area contributed by atoms with Crippen molar-refractivity contribution in [2.24, 2.45) is 13.0 Å². The number of nitrogens with zero attached hydrogens (tertiary/aromatic N) is 7. The summed E-state index contributed by atoms with van der Waals surface area (Å²) in [7, 11) is 1.75. The van der Waals surface area contributed by atoms with E-state index in [1.807, 2.05) is 6.07 Å². The van der Waals surface area contributed by atoms with E-state index in [1.165, 1.54) is 4.80 Å². The summed E-state index contributed by atoms with van der Waals surface area (Å²) < 4.78 is 0. The molecule has 0 spiro atoms. The van der Waals surface area contributed by atoms with Crippen LogP contribution in [0.3, 0.4) is 0 Å². The highest BCUT2D eigenvalue weighted by atomic mass is 35.5. The number of halogens is 2. The molecule has 3 heterocycles. The molecule has 9 nitrogen and oxygen atoms in total. The smallest absolute Gasteiger partial charge is 0.245 e. The van der Waals surface area contributed by atoms with Crippen LogP contribution in [0.4, 0.5) is 5.95 Å². The molecule has 1 fully saturated rings. The summed E-state index contributed by atoms with van der Waals surface area (Å²) in [6.45, 7) is 7.02. The van der Waals surface area contributed by atoms with Crippen molar-refractivity contribution in [3.63, 3.8) is 0 Å². The van der Waals surface area contributed by atoms with E-state index in [4.69, 9.17) is 0 Å². The number of aromatic nitrogens is 6. The molecule has 0 aliphatic carbocycles. The number of hydrogen-bond acceptors (Lipinski definition) is 8. The normalized spacial score (nSPS) is 16.1. The Morgan fingerprint density at radius 1 is 1.13 bits per heavy atom. The third-order valence-corrected chi connectivity index (χ3v) is 5.01. The minimum absolute atomic E-state index is 0. The van der Waals surface area contributed by atoms with Crippen LogP contribution in [-0.4, -0.2) is 61.0 Å². The Morgan fingerprint density at radius 3 is 2.53 bits per heavy atom. The van der Waals surface area contributed by atoms with Crippen LogP contribution in [0, 0.1) is 5.92 Å². The lowest BCUT2D eigenvalue weighted by Gasteiger charge is -2.35. The van der Waals surface area contributed by atoms with Crippen LogP contribution in [0.5, 0.6) is 5.75 Å². The Morgan fingerprint density at radius 2 is 1.93 bits per heavy atom. The Labute approximate surface area is 187 Å². The lowest BCUT2D eigenvalue weighted by atomic mass is 10.0. The summed E-state index contributed by atoms with van der Waals surface area (Å²) in [6.07, 6.45) is 3.31. The Kier molecular flexibility index (Phi) is 7.94. The molecule has 162 valence electrons. The minimum Gasteiger partial charge on any atom is -0.507 e. The average Bonchev–Trinajstić information content (AvgIpc) is 3.14. The summed E-state index contributed by atoms with van der Waals surface area (Å²) in [6, 6.07) is 5.73. The van der Waals surface area contributed by atoms with Crippen molar-refractivity contribution in [1.29, 1.82) is 0 Å². The molecule has 0 unspecified atom stereocenters. The van der Waals surface area contributed by atoms with Crippen molar-refractivity contribution in [1.82, 2.24) is 35.5 Å². The van der Waals surface area contributed by atoms with E-state index in [0.717, 1.165) is 25.2 Å². The number of aryl methyl sites for hydroxylation is 1. The topological polar surface area (TPSA) is 105 Å². The molecule has 0 saturated carbocycles. The summed E-state index contributed by atoms with van der Waals surface area (Å²) in [5.74, 6) is 1.26. The van der Waals surface area contributed by atoms with Gasteiger partial charge in [0.2, 0.25) is 5.95 Å². The lowest BCUT2D eigenvalue weighted by molar-refractivity contribution is 0.365.